The molecular weight excluding hydrogens is 757 g/mol. The number of amides is 1. The van der Waals surface area contributed by atoms with Gasteiger partial charge in [-0.2, -0.15) is 0 Å². The lowest BCUT2D eigenvalue weighted by Gasteiger charge is -2.42. The lowest BCUT2D eigenvalue weighted by molar-refractivity contribution is -0.112. The van der Waals surface area contributed by atoms with Gasteiger partial charge in [0, 0.05) is 68.9 Å². The number of fused-ring (bicyclic) bond motifs is 1. The molecule has 5 aromatic rings. The average Bonchev–Trinajstić information content (AvgIpc) is 3.25. The lowest BCUT2D eigenvalue weighted by atomic mass is 9.93. The van der Waals surface area contributed by atoms with Gasteiger partial charge in [0.05, 0.1) is 45.3 Å². The lowest BCUT2D eigenvalue weighted by Crippen LogP contribution is -2.51. The van der Waals surface area contributed by atoms with Gasteiger partial charge in [0.1, 0.15) is 11.5 Å². The molecule has 2 aromatic heterocycles. The van der Waals surface area contributed by atoms with Gasteiger partial charge in [0.2, 0.25) is 15.4 Å². The van der Waals surface area contributed by atoms with Crippen LogP contribution in [-0.2, 0) is 21.2 Å². The Kier molecular flexibility index (Phi) is 13.0. The van der Waals surface area contributed by atoms with Crippen LogP contribution in [0.25, 0.3) is 10.9 Å². The SMILES string of the molecule is C[C@@H](c1ccc(S(=O)(=O)c2cccc(OC=CC(=O)Nc3ccc(CNC[C@H](O)c4ccc(O)c5[nH]c(=O)ccc45)nc3)c2)cc1)N1CCN(C2CCCCC2)CC1. The van der Waals surface area contributed by atoms with Crippen LogP contribution in [0.5, 0.6) is 11.5 Å². The number of anilines is 1. The van der Waals surface area contributed by atoms with Crippen LogP contribution in [0.4, 0.5) is 5.69 Å². The van der Waals surface area contributed by atoms with Crippen LogP contribution in [0, 0.1) is 0 Å². The van der Waals surface area contributed by atoms with Crippen molar-refractivity contribution in [3.63, 3.8) is 0 Å². The third-order valence-corrected chi connectivity index (χ3v) is 13.0. The quantitative estimate of drug-likeness (QED) is 0.0675. The molecule has 0 spiro atoms. The number of pyridine rings is 2. The fourth-order valence-corrected chi connectivity index (χ4v) is 9.18. The topological polar surface area (TPSA) is 177 Å². The van der Waals surface area contributed by atoms with Crippen LogP contribution in [-0.4, -0.2) is 83.1 Å². The van der Waals surface area contributed by atoms with E-state index in [1.807, 2.05) is 12.1 Å². The van der Waals surface area contributed by atoms with Crippen LogP contribution in [0.3, 0.4) is 0 Å². The van der Waals surface area contributed by atoms with E-state index in [0.29, 0.717) is 28.9 Å². The van der Waals surface area contributed by atoms with E-state index in [4.69, 9.17) is 4.74 Å². The number of H-pyrrole nitrogens is 1. The predicted octanol–water partition coefficient (Wildman–Crippen LogP) is 5.83. The minimum atomic E-state index is -3.81. The largest absolute Gasteiger partial charge is 0.506 e. The fourth-order valence-electron chi connectivity index (χ4n) is 7.88. The zero-order valence-electron chi connectivity index (χ0n) is 32.5. The Hall–Kier alpha value is -5.38. The fraction of sp³-hybridized carbons (Fsp3) is 0.341. The van der Waals surface area contributed by atoms with E-state index in [9.17, 15) is 28.2 Å². The standard InChI is InChI=1S/C44H50N6O7S/c1-30(49-21-23-50(24-22-49)34-6-3-2-4-7-34)31-10-14-36(15-11-31)58(55,56)37-9-5-8-35(26-37)57-25-20-43(54)47-33-13-12-32(46-28-33)27-45-29-41(52)38-16-18-40(51)44-39(38)17-19-42(53)48-44/h5,8-20,25-26,28,30,34,41,45,51-52H,2-4,6-7,21-24,27,29H2,1H3,(H,47,54)(H,48,53)/t30-,41-/m0/s1. The molecular formula is C44H50N6O7S. The first kappa shape index (κ1) is 40.8. The van der Waals surface area contributed by atoms with E-state index >= 15 is 0 Å². The molecule has 3 heterocycles. The number of hydrogen-bond donors (Lipinski definition) is 5. The Bertz CT molecular complexity index is 2390. The summed E-state index contributed by atoms with van der Waals surface area (Å²) in [5.74, 6) is -0.285. The number of nitrogens with one attached hydrogen (secondary N) is 3. The predicted molar refractivity (Wildman–Crippen MR) is 222 cm³/mol. The third kappa shape index (κ3) is 9.83. The minimum absolute atomic E-state index is 0.0789. The maximum absolute atomic E-state index is 13.6. The van der Waals surface area contributed by atoms with Gasteiger partial charge in [-0.15, -0.1) is 0 Å². The van der Waals surface area contributed by atoms with Gasteiger partial charge in [-0.25, -0.2) is 8.42 Å². The number of hydrogen-bond acceptors (Lipinski definition) is 11. The number of aliphatic hydroxyl groups is 1. The number of aromatic nitrogens is 2. The highest BCUT2D eigenvalue weighted by atomic mass is 32.2. The number of phenolic OH excluding ortho intramolecular Hbond substituents is 1. The molecule has 304 valence electrons. The summed E-state index contributed by atoms with van der Waals surface area (Å²) in [4.78, 5) is 36.7. The van der Waals surface area contributed by atoms with Crippen molar-refractivity contribution in [2.24, 2.45) is 0 Å². The van der Waals surface area contributed by atoms with E-state index in [1.165, 1.54) is 74.9 Å². The molecule has 1 saturated carbocycles. The number of phenols is 1. The summed E-state index contributed by atoms with van der Waals surface area (Å²) in [6, 6.07) is 23.6. The second-order valence-corrected chi connectivity index (χ2v) is 16.9. The second-order valence-electron chi connectivity index (χ2n) is 15.0. The molecule has 5 N–H and O–H groups in total. The highest BCUT2D eigenvalue weighted by Crippen LogP contribution is 2.30. The van der Waals surface area contributed by atoms with Crippen molar-refractivity contribution < 1.29 is 28.2 Å². The summed E-state index contributed by atoms with van der Waals surface area (Å²) in [5, 5.41) is 27.3. The number of ether oxygens (including phenoxy) is 1. The van der Waals surface area contributed by atoms with Crippen molar-refractivity contribution in [3.05, 3.63) is 131 Å². The second kappa shape index (κ2) is 18.5. The van der Waals surface area contributed by atoms with Crippen molar-refractivity contribution in [3.8, 4) is 11.5 Å². The first-order valence-corrected chi connectivity index (χ1v) is 21.3. The molecule has 1 amide bonds. The Balaban J connectivity index is 0.867. The van der Waals surface area contributed by atoms with E-state index in [1.54, 1.807) is 48.5 Å². The van der Waals surface area contributed by atoms with Crippen LogP contribution >= 0.6 is 0 Å². The monoisotopic (exact) mass is 806 g/mol. The van der Waals surface area contributed by atoms with E-state index in [-0.39, 0.29) is 45.0 Å². The molecule has 2 fully saturated rings. The number of aromatic hydroxyl groups is 1. The van der Waals surface area contributed by atoms with Crippen molar-refractivity contribution in [1.29, 1.82) is 0 Å². The zero-order chi connectivity index (χ0) is 40.6. The highest BCUT2D eigenvalue weighted by Gasteiger charge is 2.28. The minimum Gasteiger partial charge on any atom is -0.506 e. The number of carbonyl (C=O) groups is 1. The maximum atomic E-state index is 13.6. The first-order chi connectivity index (χ1) is 28.0. The highest BCUT2D eigenvalue weighted by molar-refractivity contribution is 7.91. The molecule has 2 aliphatic rings. The molecule has 0 bridgehead atoms. The number of rotatable bonds is 14. The molecule has 7 rings (SSSR count). The summed E-state index contributed by atoms with van der Waals surface area (Å²) >= 11 is 0. The molecule has 3 aromatic carbocycles. The molecule has 0 radical (unpaired) electrons. The number of aromatic amines is 1. The molecule has 1 aliphatic heterocycles. The molecule has 13 nitrogen and oxygen atoms in total. The van der Waals surface area contributed by atoms with Crippen LogP contribution in [0.2, 0.25) is 0 Å². The third-order valence-electron chi connectivity index (χ3n) is 11.2. The number of piperazine rings is 1. The molecule has 2 atom stereocenters. The van der Waals surface area contributed by atoms with E-state index in [0.717, 1.165) is 37.8 Å². The number of sulfone groups is 1. The summed E-state index contributed by atoms with van der Waals surface area (Å²) in [6.45, 7) is 6.88. The van der Waals surface area contributed by atoms with Gasteiger partial charge in [0.15, 0.2) is 0 Å². The van der Waals surface area contributed by atoms with Crippen LogP contribution in [0.15, 0.2) is 118 Å². The summed E-state index contributed by atoms with van der Waals surface area (Å²) < 4.78 is 32.8. The van der Waals surface area contributed by atoms with Gasteiger partial charge >= 0.3 is 0 Å². The van der Waals surface area contributed by atoms with E-state index in [2.05, 4.69) is 37.3 Å². The Morgan fingerprint density at radius 2 is 1.74 bits per heavy atom. The van der Waals surface area contributed by atoms with Gasteiger partial charge in [-0.05, 0) is 85.5 Å². The molecule has 0 unspecified atom stereocenters. The molecule has 1 aliphatic carbocycles. The summed E-state index contributed by atoms with van der Waals surface area (Å²) in [5.41, 5.74) is 2.67. The van der Waals surface area contributed by atoms with E-state index < -0.39 is 21.8 Å². The Morgan fingerprint density at radius 1 is 0.966 bits per heavy atom. The Labute approximate surface area is 338 Å². The number of benzene rings is 3. The number of nitrogens with zero attached hydrogens (tertiary/aromatic N) is 3. The van der Waals surface area contributed by atoms with Crippen molar-refractivity contribution in [2.75, 3.05) is 38.0 Å². The van der Waals surface area contributed by atoms with Gasteiger partial charge in [0.25, 0.3) is 5.91 Å². The van der Waals surface area contributed by atoms with Crippen molar-refractivity contribution in [1.82, 2.24) is 25.1 Å². The molecule has 58 heavy (non-hydrogen) atoms. The Morgan fingerprint density at radius 3 is 2.48 bits per heavy atom. The summed E-state index contributed by atoms with van der Waals surface area (Å²) in [7, 11) is -3.81. The van der Waals surface area contributed by atoms with Gasteiger partial charge in [-0.1, -0.05) is 43.5 Å². The normalized spacial score (nSPS) is 17.0. The maximum Gasteiger partial charge on any atom is 0.251 e. The van der Waals surface area contributed by atoms with Gasteiger partial charge < -0.3 is 30.6 Å². The van der Waals surface area contributed by atoms with Crippen LogP contribution in [0.1, 0.15) is 68.0 Å². The number of aliphatic hydroxyl groups excluding tert-OH is 1. The van der Waals surface area contributed by atoms with Gasteiger partial charge in [-0.3, -0.25) is 24.4 Å². The first-order valence-electron chi connectivity index (χ1n) is 19.8. The molecule has 1 saturated heterocycles. The average molecular weight is 807 g/mol. The smallest absolute Gasteiger partial charge is 0.251 e. The molecule has 14 heteroatoms. The van der Waals surface area contributed by atoms with Crippen LogP contribution < -0.4 is 20.9 Å². The van der Waals surface area contributed by atoms with Crippen molar-refractivity contribution >= 4 is 32.3 Å². The summed E-state index contributed by atoms with van der Waals surface area (Å²) in [6.07, 6.45) is 9.65. The number of carbonyl (C=O) groups excluding carboxylic acids is 1. The van der Waals surface area contributed by atoms with Crippen molar-refractivity contribution in [2.45, 2.75) is 73.6 Å². The zero-order valence-corrected chi connectivity index (χ0v) is 33.3.